The molecular weight excluding hydrogens is 400 g/mol. The van der Waals surface area contributed by atoms with Crippen LogP contribution in [0.15, 0.2) is 46.9 Å². The molecule has 148 valence electrons. The van der Waals surface area contributed by atoms with Crippen LogP contribution in [0.2, 0.25) is 0 Å². The van der Waals surface area contributed by atoms with Gasteiger partial charge in [0.05, 0.1) is 22.4 Å². The SMILES string of the molecule is CC(=O)N(c1ccc(C)c(C)c1)c1nc(CSc2nc3ccc(C)cc3[nH]2)cs1. The Kier molecular flexibility index (Phi) is 5.43. The van der Waals surface area contributed by atoms with Crippen LogP contribution in [0.4, 0.5) is 10.8 Å². The number of aryl methyl sites for hydroxylation is 3. The molecule has 7 heteroatoms. The minimum Gasteiger partial charge on any atom is -0.333 e. The zero-order valence-corrected chi connectivity index (χ0v) is 18.4. The molecule has 0 radical (unpaired) electrons. The Hall–Kier alpha value is -2.64. The standard InChI is InChI=1S/C22H22N4OS2/c1-13-5-8-19-20(9-13)25-21(24-19)28-11-17-12-29-22(23-17)26(16(4)27)18-7-6-14(2)15(3)10-18/h5-10,12H,11H2,1-4H3,(H,24,25). The number of aromatic nitrogens is 3. The number of nitrogens with one attached hydrogen (secondary N) is 1. The van der Waals surface area contributed by atoms with Crippen LogP contribution in [0.3, 0.4) is 0 Å². The van der Waals surface area contributed by atoms with Crippen molar-refractivity contribution in [3.8, 4) is 0 Å². The fourth-order valence-electron chi connectivity index (χ4n) is 3.07. The van der Waals surface area contributed by atoms with E-state index in [2.05, 4.69) is 42.9 Å². The second-order valence-corrected chi connectivity index (χ2v) is 8.90. The van der Waals surface area contributed by atoms with E-state index in [9.17, 15) is 4.79 Å². The van der Waals surface area contributed by atoms with Gasteiger partial charge in [0, 0.05) is 18.1 Å². The van der Waals surface area contributed by atoms with Crippen LogP contribution in [0, 0.1) is 20.8 Å². The summed E-state index contributed by atoms with van der Waals surface area (Å²) in [5.41, 5.74) is 7.36. The molecule has 0 atom stereocenters. The lowest BCUT2D eigenvalue weighted by molar-refractivity contribution is -0.115. The number of hydrogen-bond acceptors (Lipinski definition) is 5. The number of benzene rings is 2. The van der Waals surface area contributed by atoms with Crippen molar-refractivity contribution in [3.63, 3.8) is 0 Å². The summed E-state index contributed by atoms with van der Waals surface area (Å²) < 4.78 is 0. The Morgan fingerprint density at radius 1 is 1.10 bits per heavy atom. The third kappa shape index (κ3) is 4.21. The molecule has 2 aromatic heterocycles. The molecule has 0 saturated heterocycles. The summed E-state index contributed by atoms with van der Waals surface area (Å²) in [7, 11) is 0. The molecule has 1 amide bonds. The third-order valence-electron chi connectivity index (χ3n) is 4.77. The topological polar surface area (TPSA) is 61.9 Å². The number of hydrogen-bond donors (Lipinski definition) is 1. The summed E-state index contributed by atoms with van der Waals surface area (Å²) in [5.74, 6) is 0.642. The monoisotopic (exact) mass is 422 g/mol. The van der Waals surface area contributed by atoms with Gasteiger partial charge in [-0.1, -0.05) is 23.9 Å². The summed E-state index contributed by atoms with van der Waals surface area (Å²) in [6.07, 6.45) is 0. The minimum absolute atomic E-state index is 0.0468. The van der Waals surface area contributed by atoms with Gasteiger partial charge in [-0.25, -0.2) is 9.97 Å². The first kappa shape index (κ1) is 19.7. The number of fused-ring (bicyclic) bond motifs is 1. The van der Waals surface area contributed by atoms with Crippen molar-refractivity contribution >= 4 is 50.9 Å². The van der Waals surface area contributed by atoms with Crippen LogP contribution in [0.1, 0.15) is 29.3 Å². The number of amides is 1. The molecule has 0 unspecified atom stereocenters. The van der Waals surface area contributed by atoms with Crippen LogP contribution in [0.25, 0.3) is 11.0 Å². The van der Waals surface area contributed by atoms with Crippen molar-refractivity contribution in [1.29, 1.82) is 0 Å². The highest BCUT2D eigenvalue weighted by Crippen LogP contribution is 2.32. The van der Waals surface area contributed by atoms with Gasteiger partial charge in [0.2, 0.25) is 5.91 Å². The number of carbonyl (C=O) groups is 1. The van der Waals surface area contributed by atoms with Gasteiger partial charge in [-0.15, -0.1) is 11.3 Å². The number of carbonyl (C=O) groups excluding carboxylic acids is 1. The number of thiazole rings is 1. The first-order chi connectivity index (χ1) is 13.9. The van der Waals surface area contributed by atoms with Crippen LogP contribution in [-0.4, -0.2) is 20.9 Å². The average Bonchev–Trinajstić information content (AvgIpc) is 3.29. The van der Waals surface area contributed by atoms with Gasteiger partial charge in [0.1, 0.15) is 0 Å². The Morgan fingerprint density at radius 3 is 2.69 bits per heavy atom. The lowest BCUT2D eigenvalue weighted by Crippen LogP contribution is -2.22. The summed E-state index contributed by atoms with van der Waals surface area (Å²) in [4.78, 5) is 26.7. The lowest BCUT2D eigenvalue weighted by Gasteiger charge is -2.19. The molecule has 0 spiro atoms. The van der Waals surface area contributed by atoms with Crippen LogP contribution in [-0.2, 0) is 10.5 Å². The summed E-state index contributed by atoms with van der Waals surface area (Å²) in [5, 5.41) is 3.57. The number of rotatable bonds is 5. The first-order valence-electron chi connectivity index (χ1n) is 9.32. The molecule has 0 aliphatic rings. The smallest absolute Gasteiger partial charge is 0.230 e. The van der Waals surface area contributed by atoms with Gasteiger partial charge in [-0.3, -0.25) is 9.69 Å². The molecular formula is C22H22N4OS2. The van der Waals surface area contributed by atoms with E-state index >= 15 is 0 Å². The number of thioether (sulfide) groups is 1. The third-order valence-corrected chi connectivity index (χ3v) is 6.55. The van der Waals surface area contributed by atoms with Gasteiger partial charge in [0.25, 0.3) is 0 Å². The zero-order valence-electron chi connectivity index (χ0n) is 16.8. The normalized spacial score (nSPS) is 11.2. The summed E-state index contributed by atoms with van der Waals surface area (Å²) >= 11 is 3.10. The van der Waals surface area contributed by atoms with Gasteiger partial charge in [-0.2, -0.15) is 0 Å². The van der Waals surface area contributed by atoms with E-state index in [0.29, 0.717) is 10.9 Å². The average molecular weight is 423 g/mol. The molecule has 1 N–H and O–H groups in total. The number of anilines is 2. The van der Waals surface area contributed by atoms with Crippen molar-refractivity contribution < 1.29 is 4.79 Å². The van der Waals surface area contributed by atoms with Crippen molar-refractivity contribution in [2.75, 3.05) is 4.90 Å². The molecule has 0 aliphatic carbocycles. The number of nitrogens with zero attached hydrogens (tertiary/aromatic N) is 3. The van der Waals surface area contributed by atoms with E-state index in [4.69, 9.17) is 4.98 Å². The second kappa shape index (κ2) is 8.00. The molecule has 2 heterocycles. The maximum Gasteiger partial charge on any atom is 0.230 e. The van der Waals surface area contributed by atoms with Crippen molar-refractivity contribution in [2.24, 2.45) is 0 Å². The highest BCUT2D eigenvalue weighted by atomic mass is 32.2. The molecule has 0 aliphatic heterocycles. The molecule has 5 nitrogen and oxygen atoms in total. The maximum atomic E-state index is 12.3. The van der Waals surface area contributed by atoms with E-state index in [1.165, 1.54) is 22.5 Å². The number of imidazole rings is 1. The van der Waals surface area contributed by atoms with E-state index < -0.39 is 0 Å². The Morgan fingerprint density at radius 2 is 1.93 bits per heavy atom. The zero-order chi connectivity index (χ0) is 20.5. The summed E-state index contributed by atoms with van der Waals surface area (Å²) in [6.45, 7) is 7.76. The van der Waals surface area contributed by atoms with Gasteiger partial charge in [0.15, 0.2) is 10.3 Å². The van der Waals surface area contributed by atoms with Crippen LogP contribution < -0.4 is 4.90 Å². The van der Waals surface area contributed by atoms with Crippen LogP contribution >= 0.6 is 23.1 Å². The fraction of sp³-hybridized carbons (Fsp3) is 0.227. The van der Waals surface area contributed by atoms with E-state index in [0.717, 1.165) is 33.1 Å². The maximum absolute atomic E-state index is 12.3. The Bertz CT molecular complexity index is 1190. The Balaban J connectivity index is 1.52. The van der Waals surface area contributed by atoms with Crippen molar-refractivity contribution in [3.05, 3.63) is 64.2 Å². The summed E-state index contributed by atoms with van der Waals surface area (Å²) in [6, 6.07) is 12.2. The number of H-pyrrole nitrogens is 1. The van der Waals surface area contributed by atoms with Crippen LogP contribution in [0.5, 0.6) is 0 Å². The minimum atomic E-state index is -0.0468. The van der Waals surface area contributed by atoms with Crippen molar-refractivity contribution in [2.45, 2.75) is 38.6 Å². The lowest BCUT2D eigenvalue weighted by atomic mass is 10.1. The first-order valence-corrected chi connectivity index (χ1v) is 11.2. The predicted octanol–water partition coefficient (Wildman–Crippen LogP) is 5.92. The molecule has 29 heavy (non-hydrogen) atoms. The highest BCUT2D eigenvalue weighted by Gasteiger charge is 2.18. The Labute approximate surface area is 178 Å². The second-order valence-electron chi connectivity index (χ2n) is 7.10. The van der Waals surface area contributed by atoms with Gasteiger partial charge in [-0.05, 0) is 61.7 Å². The quantitative estimate of drug-likeness (QED) is 0.405. The molecule has 0 bridgehead atoms. The molecule has 0 fully saturated rings. The predicted molar refractivity (Wildman–Crippen MR) is 121 cm³/mol. The molecule has 4 aromatic rings. The van der Waals surface area contributed by atoms with Crippen molar-refractivity contribution in [1.82, 2.24) is 15.0 Å². The number of aromatic amines is 1. The van der Waals surface area contributed by atoms with E-state index in [1.54, 1.807) is 23.6 Å². The molecule has 0 saturated carbocycles. The fourth-order valence-corrected chi connectivity index (χ4v) is 4.84. The van der Waals surface area contributed by atoms with Gasteiger partial charge < -0.3 is 4.98 Å². The highest BCUT2D eigenvalue weighted by molar-refractivity contribution is 7.98. The molecule has 2 aromatic carbocycles. The van der Waals surface area contributed by atoms with E-state index in [-0.39, 0.29) is 5.91 Å². The molecule has 4 rings (SSSR count). The van der Waals surface area contributed by atoms with Gasteiger partial charge >= 0.3 is 0 Å². The van der Waals surface area contributed by atoms with E-state index in [1.807, 2.05) is 29.6 Å². The largest absolute Gasteiger partial charge is 0.333 e.